The molecule has 1 aromatic heterocycles. The van der Waals surface area contributed by atoms with Crippen LogP contribution in [0.3, 0.4) is 0 Å². The molecule has 0 aliphatic heterocycles. The van der Waals surface area contributed by atoms with Crippen molar-refractivity contribution in [3.8, 4) is 16.9 Å². The largest absolute Gasteiger partial charge is 0.508 e. The van der Waals surface area contributed by atoms with Gasteiger partial charge in [0.2, 0.25) is 0 Å². The van der Waals surface area contributed by atoms with Crippen molar-refractivity contribution >= 4 is 0 Å². The predicted octanol–water partition coefficient (Wildman–Crippen LogP) is 3.36. The highest BCUT2D eigenvalue weighted by atomic mass is 16.3. The highest BCUT2D eigenvalue weighted by molar-refractivity contribution is 5.64. The van der Waals surface area contributed by atoms with Crippen molar-refractivity contribution in [2.75, 3.05) is 0 Å². The van der Waals surface area contributed by atoms with Crippen LogP contribution in [0.2, 0.25) is 0 Å². The van der Waals surface area contributed by atoms with Gasteiger partial charge in [-0.2, -0.15) is 5.10 Å². The minimum absolute atomic E-state index is 0.347. The van der Waals surface area contributed by atoms with Crippen LogP contribution in [0, 0.1) is 12.8 Å². The first kappa shape index (κ1) is 11.3. The number of benzene rings is 1. The van der Waals surface area contributed by atoms with Gasteiger partial charge in [-0.25, -0.2) is 0 Å². The molecule has 0 saturated heterocycles. The minimum Gasteiger partial charge on any atom is -0.508 e. The van der Waals surface area contributed by atoms with Crippen LogP contribution in [-0.4, -0.2) is 14.9 Å². The van der Waals surface area contributed by atoms with Gasteiger partial charge in [0.1, 0.15) is 5.75 Å². The van der Waals surface area contributed by atoms with E-state index in [2.05, 4.69) is 11.3 Å². The number of phenols is 1. The summed E-state index contributed by atoms with van der Waals surface area (Å²) in [5.41, 5.74) is 3.00. The molecule has 0 unspecified atom stereocenters. The molecule has 0 bridgehead atoms. The smallest absolute Gasteiger partial charge is 0.119 e. The van der Waals surface area contributed by atoms with Crippen LogP contribution in [0.4, 0.5) is 0 Å². The number of aryl methyl sites for hydroxylation is 1. The van der Waals surface area contributed by atoms with Crippen LogP contribution in [0.5, 0.6) is 5.75 Å². The second kappa shape index (κ2) is 4.48. The molecule has 1 fully saturated rings. The molecule has 1 heterocycles. The van der Waals surface area contributed by atoms with Gasteiger partial charge in [-0.1, -0.05) is 18.6 Å². The molecular weight excluding hydrogens is 224 g/mol. The second-order valence-electron chi connectivity index (χ2n) is 5.25. The Morgan fingerprint density at radius 3 is 2.83 bits per heavy atom. The fourth-order valence-electron chi connectivity index (χ4n) is 2.34. The van der Waals surface area contributed by atoms with Crippen LogP contribution >= 0.6 is 0 Å². The lowest BCUT2D eigenvalue weighted by molar-refractivity contribution is 0.266. The van der Waals surface area contributed by atoms with E-state index >= 15 is 0 Å². The molecule has 1 aliphatic carbocycles. The van der Waals surface area contributed by atoms with Gasteiger partial charge in [-0.05, 0) is 42.9 Å². The average molecular weight is 242 g/mol. The van der Waals surface area contributed by atoms with E-state index in [0.717, 1.165) is 29.2 Å². The Bertz CT molecular complexity index is 555. The second-order valence-corrected chi connectivity index (χ2v) is 5.25. The summed E-state index contributed by atoms with van der Waals surface area (Å²) >= 11 is 0. The molecule has 1 saturated carbocycles. The fourth-order valence-corrected chi connectivity index (χ4v) is 2.34. The van der Waals surface area contributed by atoms with E-state index in [9.17, 15) is 5.11 Å². The van der Waals surface area contributed by atoms with Gasteiger partial charge in [0.25, 0.3) is 0 Å². The molecule has 3 heteroatoms. The van der Waals surface area contributed by atoms with Gasteiger partial charge in [0.05, 0.1) is 6.20 Å². The molecule has 0 radical (unpaired) electrons. The molecule has 94 valence electrons. The number of phenolic OH excluding ortho intramolecular Hbond substituents is 1. The van der Waals surface area contributed by atoms with Crippen molar-refractivity contribution < 1.29 is 5.11 Å². The van der Waals surface area contributed by atoms with Gasteiger partial charge < -0.3 is 5.11 Å². The Kier molecular flexibility index (Phi) is 2.82. The molecule has 0 amide bonds. The van der Waals surface area contributed by atoms with Gasteiger partial charge >= 0.3 is 0 Å². The van der Waals surface area contributed by atoms with E-state index in [0.29, 0.717) is 5.75 Å². The zero-order valence-corrected chi connectivity index (χ0v) is 10.6. The number of nitrogens with zero attached hydrogens (tertiary/aromatic N) is 2. The SMILES string of the molecule is Cc1ccc(-c2cnn(CC3CCC3)c2)cc1O. The molecule has 18 heavy (non-hydrogen) atoms. The molecule has 0 atom stereocenters. The van der Waals surface area contributed by atoms with E-state index in [1.54, 1.807) is 6.07 Å². The molecule has 3 rings (SSSR count). The molecule has 1 N–H and O–H groups in total. The molecular formula is C15H18N2O. The fraction of sp³-hybridized carbons (Fsp3) is 0.400. The first-order valence-electron chi connectivity index (χ1n) is 6.55. The maximum Gasteiger partial charge on any atom is 0.119 e. The zero-order chi connectivity index (χ0) is 12.5. The van der Waals surface area contributed by atoms with Crippen LogP contribution in [0.25, 0.3) is 11.1 Å². The van der Waals surface area contributed by atoms with E-state index in [1.165, 1.54) is 19.3 Å². The van der Waals surface area contributed by atoms with E-state index in [1.807, 2.05) is 29.9 Å². The highest BCUT2D eigenvalue weighted by Gasteiger charge is 2.18. The average Bonchev–Trinajstić information content (AvgIpc) is 2.76. The third-order valence-electron chi connectivity index (χ3n) is 3.85. The molecule has 1 aromatic carbocycles. The lowest BCUT2D eigenvalue weighted by atomic mass is 9.85. The number of aromatic hydroxyl groups is 1. The maximum atomic E-state index is 9.73. The topological polar surface area (TPSA) is 38.0 Å². The van der Waals surface area contributed by atoms with Crippen LogP contribution < -0.4 is 0 Å². The summed E-state index contributed by atoms with van der Waals surface area (Å²) in [6.07, 6.45) is 7.98. The highest BCUT2D eigenvalue weighted by Crippen LogP contribution is 2.29. The maximum absolute atomic E-state index is 9.73. The predicted molar refractivity (Wildman–Crippen MR) is 71.4 cm³/mol. The lowest BCUT2D eigenvalue weighted by Crippen LogP contribution is -2.18. The van der Waals surface area contributed by atoms with E-state index in [-0.39, 0.29) is 0 Å². The third kappa shape index (κ3) is 2.13. The number of hydrogen-bond acceptors (Lipinski definition) is 2. The number of aromatic nitrogens is 2. The van der Waals surface area contributed by atoms with Gasteiger partial charge in [-0.15, -0.1) is 0 Å². The molecule has 2 aromatic rings. The summed E-state index contributed by atoms with van der Waals surface area (Å²) in [4.78, 5) is 0. The molecule has 3 nitrogen and oxygen atoms in total. The molecule has 0 spiro atoms. The normalized spacial score (nSPS) is 15.6. The summed E-state index contributed by atoms with van der Waals surface area (Å²) in [5, 5.41) is 14.1. The van der Waals surface area contributed by atoms with E-state index in [4.69, 9.17) is 0 Å². The summed E-state index contributed by atoms with van der Waals surface area (Å²) in [7, 11) is 0. The monoisotopic (exact) mass is 242 g/mol. The van der Waals surface area contributed by atoms with Gasteiger partial charge in [-0.3, -0.25) is 4.68 Å². The Balaban J connectivity index is 1.80. The van der Waals surface area contributed by atoms with Crippen molar-refractivity contribution in [3.63, 3.8) is 0 Å². The minimum atomic E-state index is 0.347. The van der Waals surface area contributed by atoms with Crippen LogP contribution in [0.1, 0.15) is 24.8 Å². The Morgan fingerprint density at radius 2 is 2.17 bits per heavy atom. The van der Waals surface area contributed by atoms with Gasteiger partial charge in [0, 0.05) is 18.3 Å². The summed E-state index contributed by atoms with van der Waals surface area (Å²) in [6, 6.07) is 5.77. The quantitative estimate of drug-likeness (QED) is 0.896. The van der Waals surface area contributed by atoms with Crippen molar-refractivity contribution in [2.45, 2.75) is 32.7 Å². The zero-order valence-electron chi connectivity index (χ0n) is 10.6. The van der Waals surface area contributed by atoms with Crippen molar-refractivity contribution in [1.29, 1.82) is 0 Å². The van der Waals surface area contributed by atoms with Crippen LogP contribution in [-0.2, 0) is 6.54 Å². The summed E-state index contributed by atoms with van der Waals surface area (Å²) in [6.45, 7) is 2.93. The first-order valence-corrected chi connectivity index (χ1v) is 6.55. The van der Waals surface area contributed by atoms with Crippen molar-refractivity contribution in [3.05, 3.63) is 36.2 Å². The lowest BCUT2D eigenvalue weighted by Gasteiger charge is -2.24. The summed E-state index contributed by atoms with van der Waals surface area (Å²) in [5.74, 6) is 1.16. The first-order chi connectivity index (χ1) is 8.72. The number of rotatable bonds is 3. The summed E-state index contributed by atoms with van der Waals surface area (Å²) < 4.78 is 2.02. The standard InChI is InChI=1S/C15H18N2O/c1-11-5-6-13(7-15(11)18)14-8-16-17(10-14)9-12-3-2-4-12/h5-8,10,12,18H,2-4,9H2,1H3. The Labute approximate surface area is 107 Å². The Morgan fingerprint density at radius 1 is 1.33 bits per heavy atom. The van der Waals surface area contributed by atoms with Crippen LogP contribution in [0.15, 0.2) is 30.6 Å². The van der Waals surface area contributed by atoms with Crippen molar-refractivity contribution in [1.82, 2.24) is 9.78 Å². The molecule has 1 aliphatic rings. The van der Waals surface area contributed by atoms with Crippen molar-refractivity contribution in [2.24, 2.45) is 5.92 Å². The Hall–Kier alpha value is -1.77. The van der Waals surface area contributed by atoms with Gasteiger partial charge in [0.15, 0.2) is 0 Å². The number of hydrogen-bond donors (Lipinski definition) is 1. The third-order valence-corrected chi connectivity index (χ3v) is 3.85. The van der Waals surface area contributed by atoms with E-state index < -0.39 is 0 Å².